The molecule has 44 heavy (non-hydrogen) atoms. The number of phenolic OH excluding ortho intramolecular Hbond substituents is 1. The smallest absolute Gasteiger partial charge is 0.255 e. The van der Waals surface area contributed by atoms with Gasteiger partial charge in [0, 0.05) is 17.7 Å². The van der Waals surface area contributed by atoms with Crippen LogP contribution in [0.15, 0.2) is 65.6 Å². The Bertz CT molecular complexity index is 1800. The summed E-state index contributed by atoms with van der Waals surface area (Å²) < 4.78 is 0. The van der Waals surface area contributed by atoms with Crippen molar-refractivity contribution in [3.63, 3.8) is 0 Å². The van der Waals surface area contributed by atoms with Crippen LogP contribution in [-0.2, 0) is 14.4 Å². The molecule has 1 saturated carbocycles. The normalized spacial score (nSPS) is 28.1. The maximum absolute atomic E-state index is 14.1. The summed E-state index contributed by atoms with van der Waals surface area (Å²) in [6.45, 7) is 1.68. The first-order valence-corrected chi connectivity index (χ1v) is 14.6. The van der Waals surface area contributed by atoms with Gasteiger partial charge in [-0.1, -0.05) is 54.7 Å². The summed E-state index contributed by atoms with van der Waals surface area (Å²) in [7, 11) is 2.92. The Balaban J connectivity index is 1.47. The lowest BCUT2D eigenvalue weighted by molar-refractivity contribution is -0.169. The number of phenols is 1. The highest BCUT2D eigenvalue weighted by atomic mass is 32.1. The first kappa shape index (κ1) is 29.5. The Kier molecular flexibility index (Phi) is 6.89. The van der Waals surface area contributed by atoms with Crippen LogP contribution < -0.4 is 11.1 Å². The molecule has 0 aliphatic heterocycles. The van der Waals surface area contributed by atoms with Crippen molar-refractivity contribution in [3.05, 3.63) is 76.7 Å². The Labute approximate surface area is 255 Å². The standard InChI is InChI=1S/C31H30N4O8S/c1-12-14-9-10-15(34-30-33-11-16(44-30)13-7-5-4-6-8-13)23(36)18(14)24(37)19-17(12)25(38)21-22(35(2)3)26(39)20(29(32)42)28(41)31(21,43)27(19)40/h4-12,17,21-22,25,36-38,41,43H,1-3H3,(H2,32,42)(H,33,34)/t12-,17+,21+,22-,25-,31-/m0/s1. The minimum absolute atomic E-state index is 0.106. The van der Waals surface area contributed by atoms with Gasteiger partial charge in [-0.3, -0.25) is 19.3 Å². The molecule has 0 saturated heterocycles. The van der Waals surface area contributed by atoms with Crippen LogP contribution in [0.4, 0.5) is 10.8 Å². The number of aromatic hydroxyl groups is 1. The van der Waals surface area contributed by atoms with Crippen LogP contribution in [0.2, 0.25) is 0 Å². The van der Waals surface area contributed by atoms with Gasteiger partial charge in [-0.15, -0.1) is 0 Å². The number of hydrogen-bond donors (Lipinski definition) is 7. The average molecular weight is 619 g/mol. The number of carbonyl (C=O) groups excluding carboxylic acids is 3. The summed E-state index contributed by atoms with van der Waals surface area (Å²) >= 11 is 1.33. The molecule has 1 fully saturated rings. The fraction of sp³-hybridized carbons (Fsp3) is 0.290. The van der Waals surface area contributed by atoms with Crippen molar-refractivity contribution in [2.75, 3.05) is 19.4 Å². The molecule has 12 nitrogen and oxygen atoms in total. The Morgan fingerprint density at radius 1 is 1.09 bits per heavy atom. The van der Waals surface area contributed by atoms with E-state index in [4.69, 9.17) is 5.73 Å². The van der Waals surface area contributed by atoms with Crippen LogP contribution in [0.25, 0.3) is 16.2 Å². The van der Waals surface area contributed by atoms with Gasteiger partial charge in [0.15, 0.2) is 16.5 Å². The van der Waals surface area contributed by atoms with Crippen molar-refractivity contribution in [2.24, 2.45) is 17.6 Å². The molecule has 6 atom stereocenters. The van der Waals surface area contributed by atoms with Gasteiger partial charge in [-0.2, -0.15) is 0 Å². The number of nitrogens with one attached hydrogen (secondary N) is 1. The third kappa shape index (κ3) is 4.00. The molecular weight excluding hydrogens is 588 g/mol. The number of ketones is 2. The van der Waals surface area contributed by atoms with E-state index in [1.807, 2.05) is 30.3 Å². The summed E-state index contributed by atoms with van der Waals surface area (Å²) in [5, 5.41) is 61.0. The number of benzene rings is 2. The maximum atomic E-state index is 14.1. The zero-order valence-electron chi connectivity index (χ0n) is 23.8. The largest absolute Gasteiger partial charge is 0.508 e. The van der Waals surface area contributed by atoms with Crippen LogP contribution >= 0.6 is 11.3 Å². The molecule has 0 bridgehead atoms. The van der Waals surface area contributed by atoms with Crippen LogP contribution in [0.5, 0.6) is 5.75 Å². The van der Waals surface area contributed by atoms with Crippen molar-refractivity contribution in [3.8, 4) is 16.2 Å². The second-order valence-corrected chi connectivity index (χ2v) is 12.5. The number of thiazole rings is 1. The number of nitrogens with zero attached hydrogens (tertiary/aromatic N) is 2. The molecule has 3 aliphatic carbocycles. The number of fused-ring (bicyclic) bond motifs is 3. The van der Waals surface area contributed by atoms with Gasteiger partial charge in [0.2, 0.25) is 5.78 Å². The molecular formula is C31H30N4O8S. The zero-order chi connectivity index (χ0) is 31.8. The lowest BCUT2D eigenvalue weighted by atomic mass is 9.54. The molecule has 13 heteroatoms. The number of Topliss-reactive ketones (excluding diaryl/α,β-unsaturated/α-hetero) is 2. The van der Waals surface area contributed by atoms with Crippen LogP contribution in [0, 0.1) is 11.8 Å². The van der Waals surface area contributed by atoms with Gasteiger partial charge >= 0.3 is 0 Å². The highest BCUT2D eigenvalue weighted by Gasteiger charge is 2.68. The Morgan fingerprint density at radius 3 is 2.41 bits per heavy atom. The van der Waals surface area contributed by atoms with Crippen molar-refractivity contribution in [1.29, 1.82) is 0 Å². The number of amides is 1. The minimum Gasteiger partial charge on any atom is -0.508 e. The van der Waals surface area contributed by atoms with Crippen LogP contribution in [0.1, 0.15) is 24.0 Å². The van der Waals surface area contributed by atoms with Gasteiger partial charge in [0.25, 0.3) is 5.91 Å². The molecule has 0 spiro atoms. The summed E-state index contributed by atoms with van der Waals surface area (Å²) in [6, 6.07) is 11.4. The van der Waals surface area contributed by atoms with Crippen molar-refractivity contribution >= 4 is 45.4 Å². The third-order valence-corrected chi connectivity index (χ3v) is 9.90. The van der Waals surface area contributed by atoms with E-state index in [2.05, 4.69) is 10.3 Å². The molecule has 0 radical (unpaired) electrons. The van der Waals surface area contributed by atoms with Crippen LogP contribution in [0.3, 0.4) is 0 Å². The molecule has 1 aromatic heterocycles. The van der Waals surface area contributed by atoms with E-state index in [-0.39, 0.29) is 11.3 Å². The number of aliphatic hydroxyl groups is 4. The van der Waals surface area contributed by atoms with Crippen molar-refractivity contribution in [2.45, 2.75) is 30.6 Å². The molecule has 6 rings (SSSR count). The quantitative estimate of drug-likeness (QED) is 0.163. The van der Waals surface area contributed by atoms with Gasteiger partial charge in [-0.25, -0.2) is 4.98 Å². The molecule has 8 N–H and O–H groups in total. The predicted molar refractivity (Wildman–Crippen MR) is 161 cm³/mol. The zero-order valence-corrected chi connectivity index (χ0v) is 24.7. The van der Waals surface area contributed by atoms with E-state index >= 15 is 0 Å². The number of carbonyl (C=O) groups is 3. The Hall–Kier alpha value is -4.56. The van der Waals surface area contributed by atoms with Crippen molar-refractivity contribution < 1.29 is 39.9 Å². The van der Waals surface area contributed by atoms with Crippen molar-refractivity contribution in [1.82, 2.24) is 9.88 Å². The summed E-state index contributed by atoms with van der Waals surface area (Å²) in [5.41, 5.74) is 2.41. The molecule has 1 amide bonds. The second kappa shape index (κ2) is 10.3. The van der Waals surface area contributed by atoms with E-state index in [0.717, 1.165) is 10.4 Å². The number of nitrogens with two attached hydrogens (primary N) is 1. The van der Waals surface area contributed by atoms with E-state index in [9.17, 15) is 39.9 Å². The fourth-order valence-electron chi connectivity index (χ4n) is 6.90. The number of aromatic nitrogens is 1. The SMILES string of the molecule is C[C@H]1c2ccc(Nc3ncc(-c4ccccc4)s3)c(O)c2C(O)=C2C(=O)[C@]3(O)C(O)=C(C(N)=O)C(=O)[C@@H](N(C)C)[C@@H]3[C@@H](O)[C@@H]21. The highest BCUT2D eigenvalue weighted by Crippen LogP contribution is 2.56. The number of anilines is 2. The number of aliphatic hydroxyl groups excluding tert-OH is 3. The monoisotopic (exact) mass is 618 g/mol. The number of likely N-dealkylation sites (N-methyl/N-ethyl adjacent to an activating group) is 1. The third-order valence-electron chi connectivity index (χ3n) is 8.94. The van der Waals surface area contributed by atoms with E-state index in [0.29, 0.717) is 10.7 Å². The first-order chi connectivity index (χ1) is 20.8. The fourth-order valence-corrected chi connectivity index (χ4v) is 7.73. The number of hydrogen-bond acceptors (Lipinski definition) is 12. The molecule has 3 aromatic rings. The highest BCUT2D eigenvalue weighted by molar-refractivity contribution is 7.18. The van der Waals surface area contributed by atoms with Gasteiger partial charge in [0.05, 0.1) is 34.2 Å². The molecule has 2 aromatic carbocycles. The summed E-state index contributed by atoms with van der Waals surface area (Å²) in [5.74, 6) is -9.37. The lowest BCUT2D eigenvalue weighted by Gasteiger charge is -2.53. The topological polar surface area (TPSA) is 207 Å². The summed E-state index contributed by atoms with van der Waals surface area (Å²) in [4.78, 5) is 46.2. The first-order valence-electron chi connectivity index (χ1n) is 13.8. The second-order valence-electron chi connectivity index (χ2n) is 11.5. The Morgan fingerprint density at radius 2 is 1.77 bits per heavy atom. The molecule has 3 aliphatic rings. The van der Waals surface area contributed by atoms with E-state index < -0.39 is 81.4 Å². The molecule has 1 heterocycles. The number of rotatable bonds is 5. The lowest BCUT2D eigenvalue weighted by Crippen LogP contribution is -2.70. The van der Waals surface area contributed by atoms with Crippen LogP contribution in [-0.4, -0.2) is 84.7 Å². The summed E-state index contributed by atoms with van der Waals surface area (Å²) in [6.07, 6.45) is 0.0249. The minimum atomic E-state index is -2.97. The molecule has 228 valence electrons. The molecule has 0 unspecified atom stereocenters. The van der Waals surface area contributed by atoms with Gasteiger partial charge < -0.3 is 36.6 Å². The average Bonchev–Trinajstić information content (AvgIpc) is 3.45. The number of primary amides is 1. The van der Waals surface area contributed by atoms with Gasteiger partial charge in [-0.05, 0) is 37.2 Å². The van der Waals surface area contributed by atoms with E-state index in [1.54, 1.807) is 25.3 Å². The predicted octanol–water partition coefficient (Wildman–Crippen LogP) is 2.36. The maximum Gasteiger partial charge on any atom is 0.255 e. The van der Waals surface area contributed by atoms with Gasteiger partial charge in [0.1, 0.15) is 22.8 Å². The van der Waals surface area contributed by atoms with E-state index in [1.165, 1.54) is 30.3 Å².